The van der Waals surface area contributed by atoms with Crippen LogP contribution in [0.2, 0.25) is 0 Å². The second-order valence-corrected chi connectivity index (χ2v) is 13.3. The van der Waals surface area contributed by atoms with Crippen LogP contribution in [0.3, 0.4) is 0 Å². The quantitative estimate of drug-likeness (QED) is 0.186. The van der Waals surface area contributed by atoms with E-state index in [4.69, 9.17) is 4.42 Å². The number of aromatic nitrogens is 2. The molecule has 0 atom stereocenters. The topological polar surface area (TPSA) is 23.0 Å². The minimum Gasteiger partial charge on any atom is -0.456 e. The highest BCUT2D eigenvalue weighted by molar-refractivity contribution is 6.19. The summed E-state index contributed by atoms with van der Waals surface area (Å²) in [5.41, 5.74) is 13.5. The van der Waals surface area contributed by atoms with Crippen molar-refractivity contribution in [1.29, 1.82) is 0 Å². The highest BCUT2D eigenvalue weighted by Gasteiger charge is 2.20. The molecule has 8 aromatic carbocycles. The Hall–Kier alpha value is -6.84. The molecule has 0 radical (unpaired) electrons. The van der Waals surface area contributed by atoms with Gasteiger partial charge in [0.1, 0.15) is 11.2 Å². The zero-order chi connectivity index (χ0) is 33.5. The summed E-state index contributed by atoms with van der Waals surface area (Å²) in [6, 6.07) is 65.4. The Kier molecular flexibility index (Phi) is 5.96. The van der Waals surface area contributed by atoms with E-state index in [9.17, 15) is 0 Å². The normalized spacial score (nSPS) is 11.9. The maximum absolute atomic E-state index is 6.59. The van der Waals surface area contributed by atoms with Gasteiger partial charge in [0.15, 0.2) is 0 Å². The first kappa shape index (κ1) is 28.0. The summed E-state index contributed by atoms with van der Waals surface area (Å²) in [7, 11) is 0. The van der Waals surface area contributed by atoms with Crippen LogP contribution in [0.1, 0.15) is 0 Å². The van der Waals surface area contributed by atoms with E-state index in [2.05, 4.69) is 191 Å². The van der Waals surface area contributed by atoms with E-state index in [1.165, 1.54) is 60.3 Å². The first-order valence-corrected chi connectivity index (χ1v) is 17.4. The van der Waals surface area contributed by atoms with Crippen molar-refractivity contribution in [3.8, 4) is 33.6 Å². The molecule has 3 aromatic heterocycles. The lowest BCUT2D eigenvalue weighted by Crippen LogP contribution is -1.96. The standard InChI is InChI=1S/C48H30N2O/c1-3-12-31(13-4-1)32-22-24-34(25-23-32)49-42-19-9-7-16-37(42)40-29-41-38-17-8-10-20-43(38)50(45(41)30-44(40)49)35-26-27-39-47(28-35)51-46-21-11-18-36(48(39)46)33-14-5-2-6-15-33/h1-30H. The van der Waals surface area contributed by atoms with Crippen LogP contribution in [-0.4, -0.2) is 9.13 Å². The average Bonchev–Trinajstić information content (AvgIpc) is 3.84. The molecule has 0 aliphatic rings. The lowest BCUT2D eigenvalue weighted by Gasteiger charge is -2.11. The fraction of sp³-hybridized carbons (Fsp3) is 0. The lowest BCUT2D eigenvalue weighted by molar-refractivity contribution is 0.668. The third-order valence-electron chi connectivity index (χ3n) is 10.5. The van der Waals surface area contributed by atoms with Gasteiger partial charge in [0.05, 0.1) is 22.1 Å². The number of hydrogen-bond acceptors (Lipinski definition) is 1. The zero-order valence-electron chi connectivity index (χ0n) is 27.6. The number of fused-ring (bicyclic) bond motifs is 9. The highest BCUT2D eigenvalue weighted by Crippen LogP contribution is 2.42. The van der Waals surface area contributed by atoms with E-state index in [0.29, 0.717) is 0 Å². The molecule has 0 N–H and O–H groups in total. The van der Waals surface area contributed by atoms with Crippen molar-refractivity contribution in [3.05, 3.63) is 182 Å². The van der Waals surface area contributed by atoms with Gasteiger partial charge in [-0.15, -0.1) is 0 Å². The van der Waals surface area contributed by atoms with Crippen LogP contribution in [0.4, 0.5) is 0 Å². The summed E-state index contributed by atoms with van der Waals surface area (Å²) in [5, 5.41) is 7.23. The SMILES string of the molecule is c1ccc(-c2ccc(-n3c4ccccc4c4cc5c6ccccc6n(-c6ccc7c(c6)oc6cccc(-c8ccccc8)c67)c5cc43)cc2)cc1. The second kappa shape index (κ2) is 10.8. The number of para-hydroxylation sites is 2. The van der Waals surface area contributed by atoms with Crippen molar-refractivity contribution in [2.24, 2.45) is 0 Å². The Labute approximate surface area is 293 Å². The van der Waals surface area contributed by atoms with E-state index in [0.717, 1.165) is 38.8 Å². The van der Waals surface area contributed by atoms with E-state index in [-0.39, 0.29) is 0 Å². The van der Waals surface area contributed by atoms with E-state index >= 15 is 0 Å². The Morgan fingerprint density at radius 2 is 0.882 bits per heavy atom. The van der Waals surface area contributed by atoms with Gasteiger partial charge in [-0.3, -0.25) is 0 Å². The number of furan rings is 1. The van der Waals surface area contributed by atoms with Crippen LogP contribution in [0.5, 0.6) is 0 Å². The monoisotopic (exact) mass is 650 g/mol. The van der Waals surface area contributed by atoms with Gasteiger partial charge in [0.25, 0.3) is 0 Å². The van der Waals surface area contributed by atoms with Crippen LogP contribution in [-0.2, 0) is 0 Å². The van der Waals surface area contributed by atoms with Crippen LogP contribution >= 0.6 is 0 Å². The number of rotatable bonds is 4. The summed E-state index contributed by atoms with van der Waals surface area (Å²) < 4.78 is 11.4. The molecule has 0 amide bonds. The third kappa shape index (κ3) is 4.19. The Morgan fingerprint density at radius 1 is 0.314 bits per heavy atom. The van der Waals surface area contributed by atoms with Gasteiger partial charge in [-0.25, -0.2) is 0 Å². The van der Waals surface area contributed by atoms with E-state index < -0.39 is 0 Å². The Bertz CT molecular complexity index is 3110. The molecule has 0 aliphatic carbocycles. The fourth-order valence-electron chi connectivity index (χ4n) is 8.23. The predicted octanol–water partition coefficient (Wildman–Crippen LogP) is 13.1. The highest BCUT2D eigenvalue weighted by atomic mass is 16.3. The van der Waals surface area contributed by atoms with Gasteiger partial charge in [-0.05, 0) is 76.9 Å². The molecule has 0 fully saturated rings. The molecule has 11 aromatic rings. The van der Waals surface area contributed by atoms with Crippen molar-refractivity contribution < 1.29 is 4.42 Å². The maximum Gasteiger partial charge on any atom is 0.137 e. The summed E-state index contributed by atoms with van der Waals surface area (Å²) in [4.78, 5) is 0. The van der Waals surface area contributed by atoms with Crippen molar-refractivity contribution in [1.82, 2.24) is 9.13 Å². The van der Waals surface area contributed by atoms with Gasteiger partial charge in [-0.1, -0.05) is 121 Å². The molecule has 0 saturated heterocycles. The summed E-state index contributed by atoms with van der Waals surface area (Å²) in [5.74, 6) is 0. The van der Waals surface area contributed by atoms with Gasteiger partial charge in [0, 0.05) is 49.8 Å². The van der Waals surface area contributed by atoms with Crippen molar-refractivity contribution in [3.63, 3.8) is 0 Å². The fourth-order valence-corrected chi connectivity index (χ4v) is 8.23. The minimum atomic E-state index is 0.880. The molecule has 0 aliphatic heterocycles. The van der Waals surface area contributed by atoms with E-state index in [1.807, 2.05) is 0 Å². The molecular weight excluding hydrogens is 621 g/mol. The molecule has 51 heavy (non-hydrogen) atoms. The van der Waals surface area contributed by atoms with Crippen LogP contribution in [0.25, 0.3) is 99.2 Å². The molecule has 3 heteroatoms. The van der Waals surface area contributed by atoms with E-state index in [1.54, 1.807) is 0 Å². The van der Waals surface area contributed by atoms with Gasteiger partial charge in [-0.2, -0.15) is 0 Å². The molecule has 3 heterocycles. The summed E-state index contributed by atoms with van der Waals surface area (Å²) in [6.45, 7) is 0. The number of benzene rings is 8. The van der Waals surface area contributed by atoms with Crippen molar-refractivity contribution in [2.45, 2.75) is 0 Å². The van der Waals surface area contributed by atoms with Gasteiger partial charge >= 0.3 is 0 Å². The lowest BCUT2D eigenvalue weighted by atomic mass is 9.99. The van der Waals surface area contributed by atoms with Crippen molar-refractivity contribution >= 4 is 65.6 Å². The summed E-state index contributed by atoms with van der Waals surface area (Å²) >= 11 is 0. The predicted molar refractivity (Wildman–Crippen MR) is 213 cm³/mol. The zero-order valence-corrected chi connectivity index (χ0v) is 27.6. The first-order chi connectivity index (χ1) is 25.3. The smallest absolute Gasteiger partial charge is 0.137 e. The number of hydrogen-bond donors (Lipinski definition) is 0. The Balaban J connectivity index is 1.16. The Morgan fingerprint density at radius 3 is 1.57 bits per heavy atom. The molecule has 0 spiro atoms. The maximum atomic E-state index is 6.59. The van der Waals surface area contributed by atoms with Crippen molar-refractivity contribution in [2.75, 3.05) is 0 Å². The molecule has 0 unspecified atom stereocenters. The first-order valence-electron chi connectivity index (χ1n) is 17.4. The van der Waals surface area contributed by atoms with Crippen LogP contribution in [0, 0.1) is 0 Å². The third-order valence-corrected chi connectivity index (χ3v) is 10.5. The summed E-state index contributed by atoms with van der Waals surface area (Å²) in [6.07, 6.45) is 0. The molecule has 0 bridgehead atoms. The van der Waals surface area contributed by atoms with Gasteiger partial charge in [0.2, 0.25) is 0 Å². The van der Waals surface area contributed by atoms with Gasteiger partial charge < -0.3 is 13.6 Å². The molecule has 238 valence electrons. The number of nitrogens with zero attached hydrogens (tertiary/aromatic N) is 2. The minimum absolute atomic E-state index is 0.880. The molecule has 3 nitrogen and oxygen atoms in total. The molecule has 11 rings (SSSR count). The average molecular weight is 651 g/mol. The molecule has 0 saturated carbocycles. The van der Waals surface area contributed by atoms with Crippen LogP contribution in [0.15, 0.2) is 186 Å². The van der Waals surface area contributed by atoms with Crippen LogP contribution < -0.4 is 0 Å². The second-order valence-electron chi connectivity index (χ2n) is 13.3. The molecular formula is C48H30N2O. The largest absolute Gasteiger partial charge is 0.456 e.